The van der Waals surface area contributed by atoms with Crippen molar-refractivity contribution in [3.05, 3.63) is 47.3 Å². The van der Waals surface area contributed by atoms with Crippen molar-refractivity contribution >= 4 is 13.6 Å². The molecular weight excluding hydrogens is 291 g/mol. The summed E-state index contributed by atoms with van der Waals surface area (Å²) in [5, 5.41) is -0.0300. The summed E-state index contributed by atoms with van der Waals surface area (Å²) in [6.45, 7) is 5.51. The summed E-state index contributed by atoms with van der Waals surface area (Å²) in [5.41, 5.74) is -0.162. The molecule has 0 N–H and O–H groups in total. The molecule has 2 rings (SSSR count). The van der Waals surface area contributed by atoms with Gasteiger partial charge < -0.3 is 13.8 Å². The molecule has 21 heavy (non-hydrogen) atoms. The Morgan fingerprint density at radius 2 is 1.71 bits per heavy atom. The fourth-order valence-corrected chi connectivity index (χ4v) is 3.92. The number of carbonyl (C=O) groups excluding carboxylic acids is 1. The molecule has 1 aromatic rings. The molecule has 1 atom stereocenters. The van der Waals surface area contributed by atoms with E-state index >= 15 is 0 Å². The first kappa shape index (κ1) is 16.0. The van der Waals surface area contributed by atoms with Gasteiger partial charge in [-0.15, -0.1) is 0 Å². The van der Waals surface area contributed by atoms with Crippen LogP contribution >= 0.6 is 7.60 Å². The summed E-state index contributed by atoms with van der Waals surface area (Å²) in [7, 11) is -3.64. The van der Waals surface area contributed by atoms with Crippen LogP contribution in [0.25, 0.3) is 0 Å². The molecule has 0 aliphatic carbocycles. The molecule has 1 aromatic carbocycles. The van der Waals surface area contributed by atoms with Gasteiger partial charge in [-0.2, -0.15) is 0 Å². The number of carbonyl (C=O) groups is 1. The first-order chi connectivity index (χ1) is 9.95. The normalized spacial score (nSPS) is 22.0. The van der Waals surface area contributed by atoms with Crippen LogP contribution in [0.15, 0.2) is 41.7 Å². The number of cyclic esters (lactones) is 1. The molecule has 1 aliphatic rings. The number of esters is 1. The second-order valence-electron chi connectivity index (χ2n) is 4.73. The van der Waals surface area contributed by atoms with Crippen LogP contribution in [0.2, 0.25) is 0 Å². The van der Waals surface area contributed by atoms with E-state index in [0.717, 1.165) is 5.56 Å². The maximum atomic E-state index is 12.7. The highest BCUT2D eigenvalue weighted by Crippen LogP contribution is 2.59. The summed E-state index contributed by atoms with van der Waals surface area (Å²) in [4.78, 5) is 12.1. The van der Waals surface area contributed by atoms with Gasteiger partial charge in [0, 0.05) is 0 Å². The van der Waals surface area contributed by atoms with Crippen molar-refractivity contribution in [3.63, 3.8) is 0 Å². The molecule has 5 nitrogen and oxygen atoms in total. The van der Waals surface area contributed by atoms with Crippen LogP contribution in [0, 0.1) is 0 Å². The van der Waals surface area contributed by atoms with Gasteiger partial charge in [-0.1, -0.05) is 30.3 Å². The molecule has 6 heteroatoms. The largest absolute Gasteiger partial charge is 0.446 e. The van der Waals surface area contributed by atoms with Crippen LogP contribution < -0.4 is 0 Å². The summed E-state index contributed by atoms with van der Waals surface area (Å²) in [6.07, 6.45) is 1.54. The lowest BCUT2D eigenvalue weighted by atomic mass is 9.97. The van der Waals surface area contributed by atoms with E-state index in [9.17, 15) is 9.36 Å². The molecule has 1 aliphatic heterocycles. The number of hydrogen-bond donors (Lipinski definition) is 0. The zero-order valence-electron chi connectivity index (χ0n) is 12.4. The predicted molar refractivity (Wildman–Crippen MR) is 78.8 cm³/mol. The Labute approximate surface area is 124 Å². The number of rotatable bonds is 6. The van der Waals surface area contributed by atoms with Crippen molar-refractivity contribution in [2.75, 3.05) is 13.2 Å². The molecule has 0 saturated carbocycles. The maximum absolute atomic E-state index is 12.7. The van der Waals surface area contributed by atoms with Crippen molar-refractivity contribution < 1.29 is 23.1 Å². The van der Waals surface area contributed by atoms with E-state index in [0.29, 0.717) is 0 Å². The Balaban J connectivity index is 2.42. The van der Waals surface area contributed by atoms with Crippen LogP contribution in [0.3, 0.4) is 0 Å². The van der Waals surface area contributed by atoms with Gasteiger partial charge in [0.2, 0.25) is 0 Å². The van der Waals surface area contributed by atoms with Gasteiger partial charge in [0.25, 0.3) is 0 Å². The van der Waals surface area contributed by atoms with Crippen molar-refractivity contribution in [2.45, 2.75) is 26.4 Å². The quantitative estimate of drug-likeness (QED) is 0.593. The molecule has 1 unspecified atom stereocenters. The highest BCUT2D eigenvalue weighted by molar-refractivity contribution is 7.60. The van der Waals surface area contributed by atoms with E-state index in [4.69, 9.17) is 13.8 Å². The van der Waals surface area contributed by atoms with Gasteiger partial charge >= 0.3 is 13.6 Å². The van der Waals surface area contributed by atoms with E-state index in [2.05, 4.69) is 0 Å². The standard InChI is InChI=1S/C15H19O5P/c1-4-18-21(17,19-5-2)13-11-15(3,20-14(13)16)12-9-7-6-8-10-12/h6-11H,4-5H2,1-3H3. The van der Waals surface area contributed by atoms with E-state index in [-0.39, 0.29) is 18.5 Å². The fourth-order valence-electron chi connectivity index (χ4n) is 2.21. The van der Waals surface area contributed by atoms with Crippen molar-refractivity contribution in [2.24, 2.45) is 0 Å². The Kier molecular flexibility index (Phi) is 4.67. The Hall–Kier alpha value is -1.42. The molecule has 0 radical (unpaired) electrons. The minimum atomic E-state index is -3.64. The number of hydrogen-bond acceptors (Lipinski definition) is 5. The van der Waals surface area contributed by atoms with E-state index in [1.165, 1.54) is 6.08 Å². The fraction of sp³-hybridized carbons (Fsp3) is 0.400. The topological polar surface area (TPSA) is 61.8 Å². The molecule has 0 aromatic heterocycles. The Morgan fingerprint density at radius 1 is 1.14 bits per heavy atom. The summed E-state index contributed by atoms with van der Waals surface area (Å²) in [5.74, 6) is -0.661. The lowest BCUT2D eigenvalue weighted by Crippen LogP contribution is -2.20. The summed E-state index contributed by atoms with van der Waals surface area (Å²) < 4.78 is 28.6. The zero-order chi connectivity index (χ0) is 15.5. The highest BCUT2D eigenvalue weighted by atomic mass is 31.2. The number of benzene rings is 1. The average molecular weight is 310 g/mol. The summed E-state index contributed by atoms with van der Waals surface area (Å²) >= 11 is 0. The molecular formula is C15H19O5P. The van der Waals surface area contributed by atoms with E-state index < -0.39 is 19.2 Å². The van der Waals surface area contributed by atoms with Crippen molar-refractivity contribution in [3.8, 4) is 0 Å². The van der Waals surface area contributed by atoms with Crippen LogP contribution in [0.1, 0.15) is 26.3 Å². The van der Waals surface area contributed by atoms with E-state index in [1.54, 1.807) is 20.8 Å². The molecule has 1 heterocycles. The first-order valence-electron chi connectivity index (χ1n) is 6.86. The second-order valence-corrected chi connectivity index (χ2v) is 6.72. The highest BCUT2D eigenvalue weighted by Gasteiger charge is 2.46. The predicted octanol–water partition coefficient (Wildman–Crippen LogP) is 3.61. The third-order valence-electron chi connectivity index (χ3n) is 3.17. The lowest BCUT2D eigenvalue weighted by Gasteiger charge is -2.21. The average Bonchev–Trinajstić information content (AvgIpc) is 2.78. The third-order valence-corrected chi connectivity index (χ3v) is 5.26. The van der Waals surface area contributed by atoms with Crippen LogP contribution in [0.5, 0.6) is 0 Å². The SMILES string of the molecule is CCOP(=O)(OCC)C1=CC(C)(c2ccccc2)OC1=O. The van der Waals surface area contributed by atoms with Crippen LogP contribution in [-0.2, 0) is 28.7 Å². The third kappa shape index (κ3) is 3.10. The van der Waals surface area contributed by atoms with Gasteiger partial charge in [-0.25, -0.2) is 4.79 Å². The van der Waals surface area contributed by atoms with Gasteiger partial charge in [0.15, 0.2) is 5.60 Å². The monoisotopic (exact) mass is 310 g/mol. The van der Waals surface area contributed by atoms with Gasteiger partial charge in [0.05, 0.1) is 13.2 Å². The minimum Gasteiger partial charge on any atom is -0.446 e. The zero-order valence-corrected chi connectivity index (χ0v) is 13.3. The molecule has 0 saturated heterocycles. The van der Waals surface area contributed by atoms with Crippen LogP contribution in [-0.4, -0.2) is 19.2 Å². The van der Waals surface area contributed by atoms with Gasteiger partial charge in [-0.05, 0) is 32.4 Å². The second kappa shape index (κ2) is 6.14. The van der Waals surface area contributed by atoms with Gasteiger partial charge in [-0.3, -0.25) is 4.57 Å². The van der Waals surface area contributed by atoms with Gasteiger partial charge in [0.1, 0.15) is 5.31 Å². The lowest BCUT2D eigenvalue weighted by molar-refractivity contribution is -0.145. The Bertz CT molecular complexity index is 585. The summed E-state index contributed by atoms with van der Waals surface area (Å²) in [6, 6.07) is 9.27. The number of ether oxygens (including phenoxy) is 1. The molecule has 0 fully saturated rings. The van der Waals surface area contributed by atoms with E-state index in [1.807, 2.05) is 30.3 Å². The van der Waals surface area contributed by atoms with Crippen LogP contribution in [0.4, 0.5) is 0 Å². The molecule has 0 bridgehead atoms. The van der Waals surface area contributed by atoms with Crippen molar-refractivity contribution in [1.29, 1.82) is 0 Å². The Morgan fingerprint density at radius 3 is 2.24 bits per heavy atom. The maximum Gasteiger partial charge on any atom is 0.368 e. The molecule has 0 spiro atoms. The molecule has 114 valence electrons. The molecule has 0 amide bonds. The minimum absolute atomic E-state index is 0.0300. The smallest absolute Gasteiger partial charge is 0.368 e. The van der Waals surface area contributed by atoms with Crippen molar-refractivity contribution in [1.82, 2.24) is 0 Å². The first-order valence-corrected chi connectivity index (χ1v) is 8.41.